The average molecular weight is 242 g/mol. The highest BCUT2D eigenvalue weighted by Crippen LogP contribution is 2.15. The van der Waals surface area contributed by atoms with E-state index < -0.39 is 0 Å². The molecule has 0 unspecified atom stereocenters. The first kappa shape index (κ1) is 10.4. The van der Waals surface area contributed by atoms with Crippen LogP contribution < -0.4 is 5.73 Å². The standard InChI is InChI=1S/C10H12BrNO/c11-9-6-8-13-10(9)5-3-1-2-4-7-12/h6,8H,1-2,4,7,12H2. The Bertz CT molecular complexity index is 308. The lowest BCUT2D eigenvalue weighted by Crippen LogP contribution is -1.96. The van der Waals surface area contributed by atoms with Crippen LogP contribution in [0.3, 0.4) is 0 Å². The maximum absolute atomic E-state index is 5.36. The third kappa shape index (κ3) is 3.67. The van der Waals surface area contributed by atoms with E-state index in [2.05, 4.69) is 27.8 Å². The summed E-state index contributed by atoms with van der Waals surface area (Å²) in [5.41, 5.74) is 5.36. The molecule has 0 atom stereocenters. The van der Waals surface area contributed by atoms with Crippen molar-refractivity contribution < 1.29 is 4.42 Å². The van der Waals surface area contributed by atoms with Crippen molar-refractivity contribution in [2.75, 3.05) is 6.54 Å². The summed E-state index contributed by atoms with van der Waals surface area (Å²) >= 11 is 3.33. The van der Waals surface area contributed by atoms with E-state index in [1.165, 1.54) is 0 Å². The quantitative estimate of drug-likeness (QED) is 0.653. The second-order valence-electron chi connectivity index (χ2n) is 2.65. The van der Waals surface area contributed by atoms with Gasteiger partial charge in [0.2, 0.25) is 0 Å². The van der Waals surface area contributed by atoms with Crippen LogP contribution in [0, 0.1) is 11.8 Å². The Kier molecular flexibility index (Phi) is 4.66. The molecular weight excluding hydrogens is 230 g/mol. The van der Waals surface area contributed by atoms with Crippen molar-refractivity contribution in [3.05, 3.63) is 22.6 Å². The van der Waals surface area contributed by atoms with Crippen LogP contribution in [0.5, 0.6) is 0 Å². The van der Waals surface area contributed by atoms with Gasteiger partial charge in [0.05, 0.1) is 10.7 Å². The molecule has 0 aliphatic carbocycles. The Morgan fingerprint density at radius 1 is 1.46 bits per heavy atom. The minimum atomic E-state index is 0.702. The topological polar surface area (TPSA) is 39.2 Å². The van der Waals surface area contributed by atoms with Crippen LogP contribution in [0.2, 0.25) is 0 Å². The lowest BCUT2D eigenvalue weighted by molar-refractivity contribution is 0.552. The van der Waals surface area contributed by atoms with E-state index >= 15 is 0 Å². The maximum Gasteiger partial charge on any atom is 0.190 e. The second-order valence-corrected chi connectivity index (χ2v) is 3.50. The van der Waals surface area contributed by atoms with Crippen LogP contribution in [0.25, 0.3) is 0 Å². The molecule has 13 heavy (non-hydrogen) atoms. The number of hydrogen-bond acceptors (Lipinski definition) is 2. The zero-order valence-corrected chi connectivity index (χ0v) is 8.93. The van der Waals surface area contributed by atoms with Gasteiger partial charge in [-0.3, -0.25) is 0 Å². The van der Waals surface area contributed by atoms with Crippen molar-refractivity contribution in [3.63, 3.8) is 0 Å². The zero-order valence-electron chi connectivity index (χ0n) is 7.35. The summed E-state index contributed by atoms with van der Waals surface area (Å²) < 4.78 is 6.04. The van der Waals surface area contributed by atoms with Gasteiger partial charge in [0, 0.05) is 6.42 Å². The molecule has 0 aliphatic rings. The Balaban J connectivity index is 2.35. The van der Waals surface area contributed by atoms with E-state index in [-0.39, 0.29) is 0 Å². The third-order valence-corrected chi connectivity index (χ3v) is 2.20. The summed E-state index contributed by atoms with van der Waals surface area (Å²) in [6.07, 6.45) is 4.59. The van der Waals surface area contributed by atoms with Crippen molar-refractivity contribution in [2.45, 2.75) is 19.3 Å². The number of furan rings is 1. The van der Waals surface area contributed by atoms with Crippen LogP contribution in [0.15, 0.2) is 21.2 Å². The molecule has 70 valence electrons. The maximum atomic E-state index is 5.36. The van der Waals surface area contributed by atoms with Crippen LogP contribution in [-0.2, 0) is 0 Å². The van der Waals surface area contributed by atoms with E-state index in [0.29, 0.717) is 5.76 Å². The minimum absolute atomic E-state index is 0.702. The molecule has 0 saturated heterocycles. The van der Waals surface area contributed by atoms with E-state index in [0.717, 1.165) is 30.3 Å². The SMILES string of the molecule is NCCCCC#Cc1occc1Br. The smallest absolute Gasteiger partial charge is 0.190 e. The Morgan fingerprint density at radius 2 is 2.31 bits per heavy atom. The van der Waals surface area contributed by atoms with Crippen LogP contribution in [0.4, 0.5) is 0 Å². The lowest BCUT2D eigenvalue weighted by atomic mass is 10.2. The van der Waals surface area contributed by atoms with E-state index in [1.807, 2.05) is 6.07 Å². The molecule has 1 aromatic heterocycles. The number of rotatable bonds is 3. The molecule has 1 rings (SSSR count). The normalized spacial score (nSPS) is 9.38. The highest BCUT2D eigenvalue weighted by molar-refractivity contribution is 9.10. The molecule has 0 spiro atoms. The van der Waals surface area contributed by atoms with Crippen LogP contribution in [0.1, 0.15) is 25.0 Å². The summed E-state index contributed by atoms with van der Waals surface area (Å²) in [4.78, 5) is 0. The number of nitrogens with two attached hydrogens (primary N) is 1. The summed E-state index contributed by atoms with van der Waals surface area (Å²) in [5.74, 6) is 6.68. The first-order valence-corrected chi connectivity index (χ1v) is 5.06. The van der Waals surface area contributed by atoms with Crippen LogP contribution >= 0.6 is 15.9 Å². The molecule has 3 heteroatoms. The largest absolute Gasteiger partial charge is 0.455 e. The number of unbranched alkanes of at least 4 members (excludes halogenated alkanes) is 2. The molecule has 1 heterocycles. The first-order chi connectivity index (χ1) is 6.34. The van der Waals surface area contributed by atoms with Crippen molar-refractivity contribution in [1.82, 2.24) is 0 Å². The van der Waals surface area contributed by atoms with Gasteiger partial charge in [-0.2, -0.15) is 0 Å². The fraction of sp³-hybridized carbons (Fsp3) is 0.400. The molecule has 0 bridgehead atoms. The molecule has 0 fully saturated rings. The van der Waals surface area contributed by atoms with Crippen LogP contribution in [-0.4, -0.2) is 6.54 Å². The molecule has 0 amide bonds. The first-order valence-electron chi connectivity index (χ1n) is 4.26. The van der Waals surface area contributed by atoms with Gasteiger partial charge in [-0.25, -0.2) is 0 Å². The minimum Gasteiger partial charge on any atom is -0.455 e. The van der Waals surface area contributed by atoms with Crippen molar-refractivity contribution in [2.24, 2.45) is 5.73 Å². The molecule has 0 radical (unpaired) electrons. The van der Waals surface area contributed by atoms with Gasteiger partial charge in [-0.1, -0.05) is 5.92 Å². The van der Waals surface area contributed by atoms with E-state index in [1.54, 1.807) is 6.26 Å². The fourth-order valence-corrected chi connectivity index (χ4v) is 1.18. The molecule has 2 N–H and O–H groups in total. The zero-order chi connectivity index (χ0) is 9.52. The molecule has 0 saturated carbocycles. The molecule has 0 aromatic carbocycles. The number of hydrogen-bond donors (Lipinski definition) is 1. The van der Waals surface area contributed by atoms with Gasteiger partial charge >= 0.3 is 0 Å². The Morgan fingerprint density at radius 3 is 2.92 bits per heavy atom. The molecule has 1 aromatic rings. The number of halogens is 1. The van der Waals surface area contributed by atoms with E-state index in [9.17, 15) is 0 Å². The summed E-state index contributed by atoms with van der Waals surface area (Å²) in [6, 6.07) is 1.84. The predicted octanol–water partition coefficient (Wildman–Crippen LogP) is 2.52. The van der Waals surface area contributed by atoms with Gasteiger partial charge in [0.25, 0.3) is 0 Å². The summed E-state index contributed by atoms with van der Waals surface area (Å²) in [7, 11) is 0. The summed E-state index contributed by atoms with van der Waals surface area (Å²) in [5, 5.41) is 0. The van der Waals surface area contributed by atoms with Gasteiger partial charge in [-0.05, 0) is 47.3 Å². The Labute approximate surface area is 86.6 Å². The van der Waals surface area contributed by atoms with Crippen molar-refractivity contribution in [3.8, 4) is 11.8 Å². The van der Waals surface area contributed by atoms with Crippen molar-refractivity contribution >= 4 is 15.9 Å². The van der Waals surface area contributed by atoms with E-state index in [4.69, 9.17) is 10.2 Å². The molecular formula is C10H12BrNO. The highest BCUT2D eigenvalue weighted by atomic mass is 79.9. The third-order valence-electron chi connectivity index (χ3n) is 1.57. The van der Waals surface area contributed by atoms with Gasteiger partial charge < -0.3 is 10.2 Å². The van der Waals surface area contributed by atoms with Gasteiger partial charge in [-0.15, -0.1) is 0 Å². The highest BCUT2D eigenvalue weighted by Gasteiger charge is 1.96. The predicted molar refractivity (Wildman–Crippen MR) is 56.2 cm³/mol. The fourth-order valence-electron chi connectivity index (χ4n) is 0.883. The van der Waals surface area contributed by atoms with Crippen molar-refractivity contribution in [1.29, 1.82) is 0 Å². The van der Waals surface area contributed by atoms with Gasteiger partial charge in [0.15, 0.2) is 5.76 Å². The molecule has 0 aliphatic heterocycles. The monoisotopic (exact) mass is 241 g/mol. The summed E-state index contributed by atoms with van der Waals surface area (Å²) in [6.45, 7) is 0.742. The lowest BCUT2D eigenvalue weighted by Gasteiger charge is -1.88. The van der Waals surface area contributed by atoms with Gasteiger partial charge in [0.1, 0.15) is 0 Å². The Hall–Kier alpha value is -0.720. The average Bonchev–Trinajstić information content (AvgIpc) is 2.52. The second kappa shape index (κ2) is 5.85. The molecule has 2 nitrogen and oxygen atoms in total.